The van der Waals surface area contributed by atoms with E-state index in [0.29, 0.717) is 0 Å². The predicted octanol–water partition coefficient (Wildman–Crippen LogP) is -0.156. The van der Waals surface area contributed by atoms with E-state index in [1.807, 2.05) is 0 Å². The quantitative estimate of drug-likeness (QED) is 0.632. The van der Waals surface area contributed by atoms with Gasteiger partial charge in [0.2, 0.25) is 5.91 Å². The molecular formula is C11H17NO6. The van der Waals surface area contributed by atoms with Gasteiger partial charge in [-0.15, -0.1) is 0 Å². The first-order valence-corrected chi connectivity index (χ1v) is 5.74. The average molecular weight is 259 g/mol. The molecule has 0 aromatic carbocycles. The summed E-state index contributed by atoms with van der Waals surface area (Å²) in [6, 6.07) is -0.995. The number of hydrogen-bond acceptors (Lipinski definition) is 4. The lowest BCUT2D eigenvalue weighted by Crippen LogP contribution is -2.48. The van der Waals surface area contributed by atoms with Gasteiger partial charge in [0, 0.05) is 0 Å². The van der Waals surface area contributed by atoms with E-state index < -0.39 is 36.1 Å². The molecule has 0 spiro atoms. The Kier molecular flexibility index (Phi) is 4.66. The molecular weight excluding hydrogens is 242 g/mol. The predicted molar refractivity (Wildman–Crippen MR) is 59.9 cm³/mol. The number of nitrogens with one attached hydrogen (secondary N) is 1. The van der Waals surface area contributed by atoms with Crippen molar-refractivity contribution in [3.05, 3.63) is 0 Å². The normalized spacial score (nSPS) is 24.8. The summed E-state index contributed by atoms with van der Waals surface area (Å²) in [7, 11) is 0. The van der Waals surface area contributed by atoms with Crippen LogP contribution in [-0.4, -0.2) is 46.3 Å². The van der Waals surface area contributed by atoms with Crippen LogP contribution in [0.5, 0.6) is 0 Å². The Hall–Kier alpha value is -1.63. The van der Waals surface area contributed by atoms with Crippen molar-refractivity contribution in [1.82, 2.24) is 5.32 Å². The highest BCUT2D eigenvalue weighted by Gasteiger charge is 2.36. The molecule has 1 rings (SSSR count). The Morgan fingerprint density at radius 2 is 1.72 bits per heavy atom. The minimum Gasteiger partial charge on any atom is -0.480 e. The van der Waals surface area contributed by atoms with Crippen molar-refractivity contribution in [2.75, 3.05) is 0 Å². The maximum atomic E-state index is 11.7. The van der Waals surface area contributed by atoms with Gasteiger partial charge in [0.1, 0.15) is 12.1 Å². The molecule has 1 aliphatic heterocycles. The van der Waals surface area contributed by atoms with Gasteiger partial charge in [0.25, 0.3) is 0 Å². The van der Waals surface area contributed by atoms with E-state index in [1.165, 1.54) is 0 Å². The number of rotatable bonds is 5. The van der Waals surface area contributed by atoms with E-state index >= 15 is 0 Å². The number of hydrogen-bond donors (Lipinski definition) is 3. The second kappa shape index (κ2) is 5.81. The van der Waals surface area contributed by atoms with Crippen LogP contribution in [0.4, 0.5) is 0 Å². The standard InChI is InChI=1S/C11H17NO6/c1-5(2)8(11(16)17)12-9(13)6-3-4-7(18-6)10(14)15/h5-8H,3-4H2,1-2H3,(H,12,13)(H,14,15)(H,16,17). The largest absolute Gasteiger partial charge is 0.480 e. The van der Waals surface area contributed by atoms with E-state index in [0.717, 1.165) is 0 Å². The third kappa shape index (κ3) is 3.43. The third-order valence-corrected chi connectivity index (χ3v) is 2.82. The molecule has 0 bridgehead atoms. The molecule has 0 aliphatic carbocycles. The summed E-state index contributed by atoms with van der Waals surface area (Å²) in [6.07, 6.45) is -1.32. The third-order valence-electron chi connectivity index (χ3n) is 2.82. The SMILES string of the molecule is CC(C)C(NC(=O)C1CCC(C(=O)O)O1)C(=O)O. The van der Waals surface area contributed by atoms with E-state index in [1.54, 1.807) is 13.8 Å². The van der Waals surface area contributed by atoms with Crippen molar-refractivity contribution in [3.8, 4) is 0 Å². The zero-order chi connectivity index (χ0) is 13.9. The minimum absolute atomic E-state index is 0.257. The summed E-state index contributed by atoms with van der Waals surface area (Å²) < 4.78 is 5.04. The molecule has 3 atom stereocenters. The monoisotopic (exact) mass is 259 g/mol. The van der Waals surface area contributed by atoms with Gasteiger partial charge in [-0.2, -0.15) is 0 Å². The van der Waals surface area contributed by atoms with Crippen LogP contribution in [0.3, 0.4) is 0 Å². The number of amides is 1. The zero-order valence-electron chi connectivity index (χ0n) is 10.3. The Balaban J connectivity index is 2.56. The second-order valence-electron chi connectivity index (χ2n) is 4.60. The molecule has 7 heteroatoms. The highest BCUT2D eigenvalue weighted by Crippen LogP contribution is 2.20. The van der Waals surface area contributed by atoms with Gasteiger partial charge in [0.15, 0.2) is 6.10 Å². The molecule has 0 radical (unpaired) electrons. The molecule has 0 saturated carbocycles. The van der Waals surface area contributed by atoms with Crippen LogP contribution in [-0.2, 0) is 19.1 Å². The van der Waals surface area contributed by atoms with Gasteiger partial charge in [-0.25, -0.2) is 9.59 Å². The molecule has 0 aromatic rings. The van der Waals surface area contributed by atoms with Crippen LogP contribution in [0.1, 0.15) is 26.7 Å². The molecule has 1 aliphatic rings. The Morgan fingerprint density at radius 1 is 1.17 bits per heavy atom. The van der Waals surface area contributed by atoms with Gasteiger partial charge in [-0.3, -0.25) is 4.79 Å². The molecule has 1 saturated heterocycles. The first-order valence-electron chi connectivity index (χ1n) is 5.74. The van der Waals surface area contributed by atoms with Crippen molar-refractivity contribution in [1.29, 1.82) is 0 Å². The molecule has 1 heterocycles. The highest BCUT2D eigenvalue weighted by molar-refractivity contribution is 5.87. The molecule has 18 heavy (non-hydrogen) atoms. The molecule has 102 valence electrons. The van der Waals surface area contributed by atoms with E-state index in [2.05, 4.69) is 5.32 Å². The van der Waals surface area contributed by atoms with Crippen LogP contribution in [0.2, 0.25) is 0 Å². The van der Waals surface area contributed by atoms with E-state index in [-0.39, 0.29) is 18.8 Å². The minimum atomic E-state index is -1.12. The molecule has 1 fully saturated rings. The maximum Gasteiger partial charge on any atom is 0.332 e. The lowest BCUT2D eigenvalue weighted by molar-refractivity contribution is -0.153. The summed E-state index contributed by atoms with van der Waals surface area (Å²) in [5.41, 5.74) is 0. The molecule has 3 N–H and O–H groups in total. The lowest BCUT2D eigenvalue weighted by Gasteiger charge is -2.20. The number of carbonyl (C=O) groups excluding carboxylic acids is 1. The fourth-order valence-electron chi connectivity index (χ4n) is 1.77. The van der Waals surface area contributed by atoms with Crippen LogP contribution >= 0.6 is 0 Å². The zero-order valence-corrected chi connectivity index (χ0v) is 10.3. The van der Waals surface area contributed by atoms with Gasteiger partial charge in [0.05, 0.1) is 0 Å². The Bertz CT molecular complexity index is 353. The summed E-state index contributed by atoms with van der Waals surface area (Å²) >= 11 is 0. The fourth-order valence-corrected chi connectivity index (χ4v) is 1.77. The number of carbonyl (C=O) groups is 3. The van der Waals surface area contributed by atoms with Gasteiger partial charge >= 0.3 is 11.9 Å². The highest BCUT2D eigenvalue weighted by atomic mass is 16.5. The van der Waals surface area contributed by atoms with Crippen LogP contribution < -0.4 is 5.32 Å². The van der Waals surface area contributed by atoms with Crippen molar-refractivity contribution in [3.63, 3.8) is 0 Å². The molecule has 3 unspecified atom stereocenters. The fraction of sp³-hybridized carbons (Fsp3) is 0.727. The summed E-state index contributed by atoms with van der Waals surface area (Å²) in [5.74, 6) is -3.06. The Labute approximate surface area is 104 Å². The number of ether oxygens (including phenoxy) is 1. The summed E-state index contributed by atoms with van der Waals surface area (Å²) in [5, 5.41) is 20.0. The second-order valence-corrected chi connectivity index (χ2v) is 4.60. The van der Waals surface area contributed by atoms with E-state index in [9.17, 15) is 14.4 Å². The smallest absolute Gasteiger partial charge is 0.332 e. The first-order chi connectivity index (χ1) is 8.32. The summed E-state index contributed by atoms with van der Waals surface area (Å²) in [6.45, 7) is 3.35. The number of carboxylic acids is 2. The molecule has 1 amide bonds. The van der Waals surface area contributed by atoms with Crippen molar-refractivity contribution in [2.45, 2.75) is 44.9 Å². The lowest BCUT2D eigenvalue weighted by atomic mass is 10.0. The number of carboxylic acid groups (broad SMARTS) is 2. The number of aliphatic carboxylic acids is 2. The maximum absolute atomic E-state index is 11.7. The van der Waals surface area contributed by atoms with Crippen LogP contribution in [0, 0.1) is 5.92 Å². The topological polar surface area (TPSA) is 113 Å². The van der Waals surface area contributed by atoms with Crippen molar-refractivity contribution < 1.29 is 29.3 Å². The van der Waals surface area contributed by atoms with Crippen molar-refractivity contribution >= 4 is 17.8 Å². The Morgan fingerprint density at radius 3 is 2.11 bits per heavy atom. The van der Waals surface area contributed by atoms with Crippen LogP contribution in [0.15, 0.2) is 0 Å². The van der Waals surface area contributed by atoms with Gasteiger partial charge in [-0.05, 0) is 18.8 Å². The van der Waals surface area contributed by atoms with E-state index in [4.69, 9.17) is 14.9 Å². The van der Waals surface area contributed by atoms with Crippen LogP contribution in [0.25, 0.3) is 0 Å². The van der Waals surface area contributed by atoms with Gasteiger partial charge in [-0.1, -0.05) is 13.8 Å². The first kappa shape index (κ1) is 14.4. The average Bonchev–Trinajstić information content (AvgIpc) is 2.73. The van der Waals surface area contributed by atoms with Gasteiger partial charge < -0.3 is 20.3 Å². The molecule has 0 aromatic heterocycles. The molecule has 7 nitrogen and oxygen atoms in total. The van der Waals surface area contributed by atoms with Crippen molar-refractivity contribution in [2.24, 2.45) is 5.92 Å². The summed E-state index contributed by atoms with van der Waals surface area (Å²) in [4.78, 5) is 33.3.